The quantitative estimate of drug-likeness (QED) is 0.713. The van der Waals surface area contributed by atoms with E-state index >= 15 is 0 Å². The molecule has 3 rings (SSSR count). The Morgan fingerprint density at radius 3 is 2.67 bits per heavy atom. The van der Waals surface area contributed by atoms with Crippen molar-refractivity contribution in [3.05, 3.63) is 59.4 Å². The van der Waals surface area contributed by atoms with Crippen LogP contribution in [-0.4, -0.2) is 39.8 Å². The molecule has 1 aromatic carbocycles. The number of benzene rings is 1. The fourth-order valence-corrected chi connectivity index (χ4v) is 2.75. The minimum absolute atomic E-state index is 0.0330. The molecule has 0 saturated heterocycles. The molecule has 6 heteroatoms. The number of carbonyl (C=O) groups is 2. The van der Waals surface area contributed by atoms with Crippen molar-refractivity contribution in [3.63, 3.8) is 0 Å². The van der Waals surface area contributed by atoms with E-state index in [-0.39, 0.29) is 29.7 Å². The van der Waals surface area contributed by atoms with Crippen molar-refractivity contribution in [2.45, 2.75) is 30.8 Å². The van der Waals surface area contributed by atoms with Gasteiger partial charge in [-0.25, -0.2) is 0 Å². The normalized spacial score (nSPS) is 25.9. The van der Waals surface area contributed by atoms with E-state index in [0.717, 1.165) is 12.5 Å². The Hall–Kier alpha value is -2.73. The first kappa shape index (κ1) is 16.1. The van der Waals surface area contributed by atoms with Crippen LogP contribution in [0.2, 0.25) is 0 Å². The molecule has 4 N–H and O–H groups in total. The predicted molar refractivity (Wildman–Crippen MR) is 89.1 cm³/mol. The highest BCUT2D eigenvalue weighted by molar-refractivity contribution is 6.49. The highest BCUT2D eigenvalue weighted by atomic mass is 16.4. The van der Waals surface area contributed by atoms with Crippen LogP contribution in [0.5, 0.6) is 0 Å². The van der Waals surface area contributed by atoms with Gasteiger partial charge in [-0.1, -0.05) is 30.3 Å². The van der Waals surface area contributed by atoms with Gasteiger partial charge in [-0.05, 0) is 23.6 Å². The van der Waals surface area contributed by atoms with Crippen LogP contribution >= 0.6 is 0 Å². The summed E-state index contributed by atoms with van der Waals surface area (Å²) in [7, 11) is 0. The standard InChI is InChI=1S/C18H18N2O4/c19-13(18(23)24)6-11-7-15(17(22)9-16(11)21)20-14-8-12(14)10-4-2-1-3-5-10/h1-5,7,9,12-14,21H,6,8,19H2,(H,23,24). The lowest BCUT2D eigenvalue weighted by Gasteiger charge is -2.14. The SMILES string of the molecule is NC(CC1=CC(=NC2CC2c2ccccc2)C(=O)C=C1O)C(=O)O. The van der Waals surface area contributed by atoms with Crippen LogP contribution in [0.3, 0.4) is 0 Å². The summed E-state index contributed by atoms with van der Waals surface area (Å²) in [5.41, 5.74) is 7.24. The minimum atomic E-state index is -1.16. The minimum Gasteiger partial charge on any atom is -0.508 e. The first-order valence-electron chi connectivity index (χ1n) is 7.72. The average molecular weight is 326 g/mol. The Morgan fingerprint density at radius 1 is 1.29 bits per heavy atom. The summed E-state index contributed by atoms with van der Waals surface area (Å²) in [6.07, 6.45) is 3.33. The summed E-state index contributed by atoms with van der Waals surface area (Å²) in [5.74, 6) is -1.49. The molecule has 2 aliphatic carbocycles. The number of nitrogens with zero attached hydrogens (tertiary/aromatic N) is 1. The molecule has 3 unspecified atom stereocenters. The maximum Gasteiger partial charge on any atom is 0.320 e. The van der Waals surface area contributed by atoms with Gasteiger partial charge in [-0.2, -0.15) is 0 Å². The third kappa shape index (κ3) is 3.44. The van der Waals surface area contributed by atoms with Crippen molar-refractivity contribution in [1.29, 1.82) is 0 Å². The Balaban J connectivity index is 1.76. The monoisotopic (exact) mass is 326 g/mol. The molecule has 0 radical (unpaired) electrons. The molecule has 3 atom stereocenters. The Kier molecular flexibility index (Phi) is 4.31. The zero-order chi connectivity index (χ0) is 17.3. The lowest BCUT2D eigenvalue weighted by molar-refractivity contribution is -0.138. The molecule has 0 bridgehead atoms. The van der Waals surface area contributed by atoms with Gasteiger partial charge in [0.2, 0.25) is 5.78 Å². The number of carboxylic acid groups (broad SMARTS) is 1. The van der Waals surface area contributed by atoms with Crippen LogP contribution in [0, 0.1) is 0 Å². The molecule has 1 saturated carbocycles. The maximum absolute atomic E-state index is 12.0. The number of rotatable bonds is 5. The van der Waals surface area contributed by atoms with Crippen LogP contribution in [0.1, 0.15) is 24.3 Å². The van der Waals surface area contributed by atoms with Gasteiger partial charge in [0.1, 0.15) is 17.5 Å². The summed E-state index contributed by atoms with van der Waals surface area (Å²) in [5, 5.41) is 18.7. The third-order valence-corrected chi connectivity index (χ3v) is 4.21. The molecule has 6 nitrogen and oxygen atoms in total. The molecular weight excluding hydrogens is 308 g/mol. The van der Waals surface area contributed by atoms with Gasteiger partial charge < -0.3 is 15.9 Å². The van der Waals surface area contributed by atoms with Gasteiger partial charge >= 0.3 is 5.97 Å². The average Bonchev–Trinajstić information content (AvgIpc) is 3.32. The van der Waals surface area contributed by atoms with Gasteiger partial charge in [0.05, 0.1) is 6.04 Å². The van der Waals surface area contributed by atoms with Crippen molar-refractivity contribution in [1.82, 2.24) is 0 Å². The second kappa shape index (κ2) is 6.41. The van der Waals surface area contributed by atoms with Crippen LogP contribution in [0.4, 0.5) is 0 Å². The number of aliphatic imine (C=N–C) groups is 1. The van der Waals surface area contributed by atoms with Crippen molar-refractivity contribution >= 4 is 17.5 Å². The molecule has 1 aromatic rings. The molecule has 1 fully saturated rings. The highest BCUT2D eigenvalue weighted by Gasteiger charge is 2.39. The second-order valence-electron chi connectivity index (χ2n) is 6.05. The lowest BCUT2D eigenvalue weighted by Crippen LogP contribution is -2.31. The summed E-state index contributed by atoms with van der Waals surface area (Å²) >= 11 is 0. The van der Waals surface area contributed by atoms with E-state index < -0.39 is 12.0 Å². The first-order valence-corrected chi connectivity index (χ1v) is 7.72. The largest absolute Gasteiger partial charge is 0.508 e. The number of aliphatic hydroxyl groups is 1. The van der Waals surface area contributed by atoms with E-state index in [0.29, 0.717) is 11.5 Å². The van der Waals surface area contributed by atoms with E-state index in [1.165, 1.54) is 11.6 Å². The van der Waals surface area contributed by atoms with E-state index in [1.54, 1.807) is 0 Å². The van der Waals surface area contributed by atoms with Gasteiger partial charge in [-0.3, -0.25) is 14.6 Å². The lowest BCUT2D eigenvalue weighted by atomic mass is 9.97. The summed E-state index contributed by atoms with van der Waals surface area (Å²) in [6.45, 7) is 0. The van der Waals surface area contributed by atoms with Crippen LogP contribution < -0.4 is 5.73 Å². The van der Waals surface area contributed by atoms with Gasteiger partial charge in [0, 0.05) is 18.4 Å². The molecule has 24 heavy (non-hydrogen) atoms. The number of hydrogen-bond donors (Lipinski definition) is 3. The smallest absolute Gasteiger partial charge is 0.320 e. The van der Waals surface area contributed by atoms with E-state index in [1.807, 2.05) is 30.3 Å². The van der Waals surface area contributed by atoms with E-state index in [4.69, 9.17) is 10.8 Å². The number of aliphatic carboxylic acids is 1. The fraction of sp³-hybridized carbons (Fsp3) is 0.278. The van der Waals surface area contributed by atoms with E-state index in [9.17, 15) is 14.7 Å². The van der Waals surface area contributed by atoms with Crippen LogP contribution in [0.15, 0.2) is 58.8 Å². The number of aliphatic hydroxyl groups excluding tert-OH is 1. The van der Waals surface area contributed by atoms with Crippen molar-refractivity contribution < 1.29 is 19.8 Å². The van der Waals surface area contributed by atoms with Crippen LogP contribution in [-0.2, 0) is 9.59 Å². The van der Waals surface area contributed by atoms with Crippen LogP contribution in [0.25, 0.3) is 0 Å². The Bertz CT molecular complexity index is 764. The molecule has 0 heterocycles. The topological polar surface area (TPSA) is 113 Å². The summed E-state index contributed by atoms with van der Waals surface area (Å²) < 4.78 is 0. The number of ketones is 1. The third-order valence-electron chi connectivity index (χ3n) is 4.21. The summed E-state index contributed by atoms with van der Waals surface area (Å²) in [4.78, 5) is 27.3. The zero-order valence-corrected chi connectivity index (χ0v) is 12.9. The van der Waals surface area contributed by atoms with Gasteiger partial charge in [-0.15, -0.1) is 0 Å². The molecule has 2 aliphatic rings. The molecule has 0 aliphatic heterocycles. The van der Waals surface area contributed by atoms with Crippen molar-refractivity contribution in [2.24, 2.45) is 10.7 Å². The van der Waals surface area contributed by atoms with Crippen molar-refractivity contribution in [2.75, 3.05) is 0 Å². The molecule has 0 spiro atoms. The number of carbonyl (C=O) groups excluding carboxylic acids is 1. The van der Waals surface area contributed by atoms with Crippen molar-refractivity contribution in [3.8, 4) is 0 Å². The number of allylic oxidation sites excluding steroid dienone is 3. The van der Waals surface area contributed by atoms with Gasteiger partial charge in [0.25, 0.3) is 0 Å². The molecule has 124 valence electrons. The Labute approximate surface area is 139 Å². The van der Waals surface area contributed by atoms with Gasteiger partial charge in [0.15, 0.2) is 0 Å². The highest BCUT2D eigenvalue weighted by Crippen LogP contribution is 2.43. The zero-order valence-electron chi connectivity index (χ0n) is 12.9. The fourth-order valence-electron chi connectivity index (χ4n) is 2.75. The second-order valence-corrected chi connectivity index (χ2v) is 6.05. The first-order chi connectivity index (χ1) is 11.5. The Morgan fingerprint density at radius 2 is 2.00 bits per heavy atom. The number of carboxylic acids is 1. The molecular formula is C18H18N2O4. The maximum atomic E-state index is 12.0. The predicted octanol–water partition coefficient (Wildman–Crippen LogP) is 1.74. The van der Waals surface area contributed by atoms with E-state index in [2.05, 4.69) is 4.99 Å². The summed E-state index contributed by atoms with van der Waals surface area (Å²) in [6, 6.07) is 8.85. The number of hydrogen-bond acceptors (Lipinski definition) is 5. The molecule has 0 aromatic heterocycles. The number of nitrogens with two attached hydrogens (primary N) is 1. The molecule has 0 amide bonds.